The molecule has 2 aliphatic rings. The molecule has 0 radical (unpaired) electrons. The fourth-order valence-corrected chi connectivity index (χ4v) is 5.39. The van der Waals surface area contributed by atoms with Crippen LogP contribution < -0.4 is 14.5 Å². The average Bonchev–Trinajstić information content (AvgIpc) is 3.48. The van der Waals surface area contributed by atoms with E-state index in [0.29, 0.717) is 43.7 Å². The van der Waals surface area contributed by atoms with Gasteiger partial charge in [0.1, 0.15) is 17.1 Å². The predicted octanol–water partition coefficient (Wildman–Crippen LogP) is 3.61. The normalized spacial score (nSPS) is 18.5. The second kappa shape index (κ2) is 9.87. The Kier molecular flexibility index (Phi) is 6.64. The van der Waals surface area contributed by atoms with Crippen LogP contribution in [0.4, 0.5) is 11.8 Å². The second-order valence-corrected chi connectivity index (χ2v) is 10.1. The molecule has 36 heavy (non-hydrogen) atoms. The molecular weight excluding hydrogens is 456 g/mol. The molecule has 0 saturated carbocycles. The number of fused-ring (bicyclic) bond motifs is 1. The van der Waals surface area contributed by atoms with E-state index in [1.807, 2.05) is 27.8 Å². The molecule has 2 fully saturated rings. The Bertz CT molecular complexity index is 1230. The SMILES string of the molecule is COc1ccc(CC2CCCN2c2nc(N3CCN(C(C)=O)CC3)nc3c(O)n(C(C)C)cc23)cc1. The predicted molar refractivity (Wildman–Crippen MR) is 141 cm³/mol. The number of anilines is 2. The summed E-state index contributed by atoms with van der Waals surface area (Å²) in [6, 6.07) is 8.69. The minimum Gasteiger partial charge on any atom is -0.497 e. The maximum Gasteiger partial charge on any atom is 0.228 e. The van der Waals surface area contributed by atoms with Crippen molar-refractivity contribution in [2.45, 2.75) is 52.1 Å². The molecule has 3 aromatic rings. The maximum absolute atomic E-state index is 11.8. The lowest BCUT2D eigenvalue weighted by Crippen LogP contribution is -2.48. The Morgan fingerprint density at radius 1 is 1.11 bits per heavy atom. The van der Waals surface area contributed by atoms with Crippen LogP contribution >= 0.6 is 0 Å². The number of nitrogens with zero attached hydrogens (tertiary/aromatic N) is 6. The minimum atomic E-state index is 0.0943. The van der Waals surface area contributed by atoms with Gasteiger partial charge in [0.2, 0.25) is 17.7 Å². The van der Waals surface area contributed by atoms with Gasteiger partial charge >= 0.3 is 0 Å². The van der Waals surface area contributed by atoms with Gasteiger partial charge in [0.05, 0.1) is 12.5 Å². The summed E-state index contributed by atoms with van der Waals surface area (Å²) in [7, 11) is 1.68. The van der Waals surface area contributed by atoms with E-state index >= 15 is 0 Å². The number of carbonyl (C=O) groups is 1. The summed E-state index contributed by atoms with van der Waals surface area (Å²) in [5.41, 5.74) is 1.86. The highest BCUT2D eigenvalue weighted by atomic mass is 16.5. The van der Waals surface area contributed by atoms with Crippen LogP contribution in [0.3, 0.4) is 0 Å². The first kappa shape index (κ1) is 24.2. The number of piperazine rings is 1. The fraction of sp³-hybridized carbons (Fsp3) is 0.519. The van der Waals surface area contributed by atoms with Gasteiger partial charge in [-0.2, -0.15) is 4.98 Å². The first-order chi connectivity index (χ1) is 17.4. The second-order valence-electron chi connectivity index (χ2n) is 10.1. The molecule has 2 aromatic heterocycles. The number of hydrogen-bond donors (Lipinski definition) is 1. The third-order valence-electron chi connectivity index (χ3n) is 7.48. The topological polar surface area (TPSA) is 87.0 Å². The van der Waals surface area contributed by atoms with Gasteiger partial charge < -0.3 is 29.1 Å². The van der Waals surface area contributed by atoms with Gasteiger partial charge in [-0.15, -0.1) is 0 Å². The number of carbonyl (C=O) groups excluding carboxylic acids is 1. The Labute approximate surface area is 212 Å². The number of ether oxygens (including phenoxy) is 1. The largest absolute Gasteiger partial charge is 0.497 e. The zero-order valence-electron chi connectivity index (χ0n) is 21.6. The van der Waals surface area contributed by atoms with E-state index in [-0.39, 0.29) is 17.8 Å². The molecule has 0 spiro atoms. The Balaban J connectivity index is 1.51. The van der Waals surface area contributed by atoms with Crippen LogP contribution in [0.25, 0.3) is 10.9 Å². The monoisotopic (exact) mass is 492 g/mol. The van der Waals surface area contributed by atoms with Crippen molar-refractivity contribution in [2.24, 2.45) is 0 Å². The molecule has 4 heterocycles. The lowest BCUT2D eigenvalue weighted by Gasteiger charge is -2.35. The van der Waals surface area contributed by atoms with Gasteiger partial charge in [0, 0.05) is 57.9 Å². The quantitative estimate of drug-likeness (QED) is 0.563. The number of aromatic hydroxyl groups is 1. The summed E-state index contributed by atoms with van der Waals surface area (Å²) in [4.78, 5) is 28.1. The van der Waals surface area contributed by atoms with E-state index in [1.165, 1.54) is 5.56 Å². The molecule has 0 aliphatic carbocycles. The van der Waals surface area contributed by atoms with Crippen LogP contribution in [-0.2, 0) is 11.2 Å². The first-order valence-electron chi connectivity index (χ1n) is 12.9. The van der Waals surface area contributed by atoms with E-state index < -0.39 is 0 Å². The molecule has 1 unspecified atom stereocenters. The molecule has 2 saturated heterocycles. The van der Waals surface area contributed by atoms with Crippen LogP contribution in [0.1, 0.15) is 45.2 Å². The lowest BCUT2D eigenvalue weighted by atomic mass is 10.0. The van der Waals surface area contributed by atoms with Gasteiger partial charge in [0.15, 0.2) is 0 Å². The van der Waals surface area contributed by atoms with Gasteiger partial charge in [-0.25, -0.2) is 4.98 Å². The van der Waals surface area contributed by atoms with E-state index in [9.17, 15) is 9.90 Å². The third kappa shape index (κ3) is 4.54. The maximum atomic E-state index is 11.8. The molecule has 1 aromatic carbocycles. The summed E-state index contributed by atoms with van der Waals surface area (Å²) in [5.74, 6) is 2.64. The van der Waals surface area contributed by atoms with Crippen LogP contribution in [0.2, 0.25) is 0 Å². The number of rotatable bonds is 6. The first-order valence-corrected chi connectivity index (χ1v) is 12.9. The molecule has 0 bridgehead atoms. The Hall–Kier alpha value is -3.49. The number of amides is 1. The Morgan fingerprint density at radius 2 is 1.83 bits per heavy atom. The van der Waals surface area contributed by atoms with Crippen LogP contribution in [0, 0.1) is 0 Å². The van der Waals surface area contributed by atoms with Gasteiger partial charge in [-0.1, -0.05) is 12.1 Å². The van der Waals surface area contributed by atoms with Crippen molar-refractivity contribution in [2.75, 3.05) is 49.6 Å². The lowest BCUT2D eigenvalue weighted by molar-refractivity contribution is -0.129. The summed E-state index contributed by atoms with van der Waals surface area (Å²) >= 11 is 0. The minimum absolute atomic E-state index is 0.0943. The standard InChI is InChI=1S/C27H36N6O3/c1-18(2)33-17-23-24(26(33)35)28-27(31-14-12-30(13-15-31)19(3)34)29-25(23)32-11-5-6-21(32)16-20-7-9-22(36-4)10-8-20/h7-10,17-18,21,35H,5-6,11-16H2,1-4H3. The van der Waals surface area contributed by atoms with E-state index in [2.05, 4.69) is 35.8 Å². The highest BCUT2D eigenvalue weighted by molar-refractivity contribution is 5.94. The molecular formula is C27H36N6O3. The zero-order chi connectivity index (χ0) is 25.4. The van der Waals surface area contributed by atoms with Crippen molar-refractivity contribution in [3.05, 3.63) is 36.0 Å². The average molecular weight is 493 g/mol. The molecule has 9 heteroatoms. The van der Waals surface area contributed by atoms with Crippen LogP contribution in [0.5, 0.6) is 11.6 Å². The summed E-state index contributed by atoms with van der Waals surface area (Å²) in [5, 5.41) is 12.0. The van der Waals surface area contributed by atoms with E-state index in [0.717, 1.165) is 42.8 Å². The van der Waals surface area contributed by atoms with Crippen molar-refractivity contribution in [1.82, 2.24) is 19.4 Å². The number of aromatic nitrogens is 3. The van der Waals surface area contributed by atoms with Gasteiger partial charge in [0.25, 0.3) is 0 Å². The van der Waals surface area contributed by atoms with Crippen LogP contribution in [0.15, 0.2) is 30.5 Å². The Morgan fingerprint density at radius 3 is 2.47 bits per heavy atom. The molecule has 1 N–H and O–H groups in total. The van der Waals surface area contributed by atoms with Gasteiger partial charge in [-0.3, -0.25) is 4.79 Å². The number of methoxy groups -OCH3 is 1. The molecule has 1 amide bonds. The van der Waals surface area contributed by atoms with Crippen molar-refractivity contribution < 1.29 is 14.6 Å². The number of hydrogen-bond acceptors (Lipinski definition) is 7. The molecule has 2 aliphatic heterocycles. The smallest absolute Gasteiger partial charge is 0.228 e. The molecule has 192 valence electrons. The zero-order valence-corrected chi connectivity index (χ0v) is 21.6. The van der Waals surface area contributed by atoms with Crippen molar-refractivity contribution >= 4 is 28.6 Å². The number of benzene rings is 1. The fourth-order valence-electron chi connectivity index (χ4n) is 5.39. The summed E-state index contributed by atoms with van der Waals surface area (Å²) in [6.45, 7) is 9.27. The summed E-state index contributed by atoms with van der Waals surface area (Å²) < 4.78 is 7.19. The molecule has 1 atom stereocenters. The van der Waals surface area contributed by atoms with Crippen molar-refractivity contribution in [3.63, 3.8) is 0 Å². The van der Waals surface area contributed by atoms with Crippen molar-refractivity contribution in [3.8, 4) is 11.6 Å². The highest BCUT2D eigenvalue weighted by Crippen LogP contribution is 2.38. The summed E-state index contributed by atoms with van der Waals surface area (Å²) in [6.07, 6.45) is 5.08. The molecule has 9 nitrogen and oxygen atoms in total. The van der Waals surface area contributed by atoms with Gasteiger partial charge in [-0.05, 0) is 50.8 Å². The van der Waals surface area contributed by atoms with E-state index in [1.54, 1.807) is 14.0 Å². The highest BCUT2D eigenvalue weighted by Gasteiger charge is 2.31. The molecule has 5 rings (SSSR count). The van der Waals surface area contributed by atoms with Crippen LogP contribution in [-0.4, -0.2) is 76.3 Å². The third-order valence-corrected chi connectivity index (χ3v) is 7.48. The van der Waals surface area contributed by atoms with Crippen molar-refractivity contribution in [1.29, 1.82) is 0 Å². The van der Waals surface area contributed by atoms with E-state index in [4.69, 9.17) is 14.7 Å².